The molecule has 3 aliphatic carbocycles. The second-order valence-electron chi connectivity index (χ2n) is 8.54. The number of rotatable bonds is 1. The second-order valence-corrected chi connectivity index (χ2v) is 15.8. The van der Waals surface area contributed by atoms with Gasteiger partial charge in [0.25, 0.3) is 0 Å². The number of allylic oxidation sites excluding steroid dienone is 1. The highest BCUT2D eigenvalue weighted by Gasteiger charge is 2.59. The molecule has 0 saturated carbocycles. The average molecular weight is 389 g/mol. The number of hydrogen-bond donors (Lipinski definition) is 0. The average Bonchev–Trinajstić information content (AvgIpc) is 3.20. The second kappa shape index (κ2) is 4.83. The van der Waals surface area contributed by atoms with Crippen LogP contribution < -0.4 is 0 Å². The van der Waals surface area contributed by atoms with Crippen molar-refractivity contribution in [1.29, 1.82) is 0 Å². The lowest BCUT2D eigenvalue weighted by atomic mass is 9.63. The van der Waals surface area contributed by atoms with E-state index in [4.69, 9.17) is 0 Å². The van der Waals surface area contributed by atoms with E-state index in [1.165, 1.54) is 16.0 Å². The van der Waals surface area contributed by atoms with Crippen LogP contribution in [0, 0.1) is 0 Å². The van der Waals surface area contributed by atoms with Gasteiger partial charge in [0.15, 0.2) is 0 Å². The first-order valence-corrected chi connectivity index (χ1v) is 14.4. The van der Waals surface area contributed by atoms with Crippen molar-refractivity contribution in [2.24, 2.45) is 0 Å². The van der Waals surface area contributed by atoms with E-state index in [2.05, 4.69) is 91.4 Å². The maximum atomic E-state index is 2.53. The lowest BCUT2D eigenvalue weighted by molar-refractivity contribution is 0.778. The summed E-state index contributed by atoms with van der Waals surface area (Å²) in [5.41, 5.74) is 7.84. The molecule has 0 N–H and O–H groups in total. The van der Waals surface area contributed by atoms with Crippen molar-refractivity contribution in [3.05, 3.63) is 92.3 Å². The zero-order valence-electron chi connectivity index (χ0n) is 15.2. The first-order chi connectivity index (χ1) is 12.5. The fourth-order valence-corrected chi connectivity index (χ4v) is 10.7. The van der Waals surface area contributed by atoms with Gasteiger partial charge in [0.2, 0.25) is 0 Å². The molecule has 0 nitrogen and oxygen atoms in total. The third kappa shape index (κ3) is 1.64. The van der Waals surface area contributed by atoms with Gasteiger partial charge in [-0.1, -0.05) is 73.4 Å². The van der Waals surface area contributed by atoms with Gasteiger partial charge >= 0.3 is 0 Å². The maximum absolute atomic E-state index is 2.53. The van der Waals surface area contributed by atoms with Crippen molar-refractivity contribution >= 4 is 36.7 Å². The van der Waals surface area contributed by atoms with Crippen LogP contribution in [0.1, 0.15) is 33.0 Å². The molecule has 0 amide bonds. The number of benzene rings is 2. The van der Waals surface area contributed by atoms with Gasteiger partial charge in [0, 0.05) is 15.7 Å². The molecule has 1 aliphatic heterocycles. The van der Waals surface area contributed by atoms with Gasteiger partial charge in [-0.2, -0.15) is 0 Å². The molecular weight excluding hydrogens is 368 g/mol. The summed E-state index contributed by atoms with van der Waals surface area (Å²) >= 11 is 4.04. The summed E-state index contributed by atoms with van der Waals surface area (Å²) in [5.74, 6) is 0.444. The van der Waals surface area contributed by atoms with Gasteiger partial charge in [-0.25, -0.2) is 0 Å². The molecule has 0 radical (unpaired) electrons. The van der Waals surface area contributed by atoms with Crippen LogP contribution in [-0.2, 0) is 4.75 Å². The molecule has 7 rings (SSSR count). The minimum absolute atomic E-state index is 0.0278. The van der Waals surface area contributed by atoms with Crippen molar-refractivity contribution in [2.75, 3.05) is 0 Å². The topological polar surface area (TPSA) is 0 Å². The Hall–Kier alpha value is -1.55. The van der Waals surface area contributed by atoms with Gasteiger partial charge in [0.05, 0.1) is 12.8 Å². The smallest absolute Gasteiger partial charge is 0.0970 e. The summed E-state index contributed by atoms with van der Waals surface area (Å²) in [7, 11) is -1.51. The summed E-state index contributed by atoms with van der Waals surface area (Å²) in [6.45, 7) is 7.60. The molecule has 1 spiro atoms. The Kier molecular flexibility index (Phi) is 2.88. The van der Waals surface area contributed by atoms with E-state index in [0.29, 0.717) is 5.92 Å². The zero-order valence-corrected chi connectivity index (χ0v) is 17.8. The van der Waals surface area contributed by atoms with E-state index in [0.717, 1.165) is 0 Å². The van der Waals surface area contributed by atoms with Gasteiger partial charge in [0.1, 0.15) is 0 Å². The van der Waals surface area contributed by atoms with Crippen LogP contribution in [0.4, 0.5) is 0 Å². The summed E-state index contributed by atoms with van der Waals surface area (Å²) in [6, 6.07) is 20.8. The Labute approximate surface area is 164 Å². The van der Waals surface area contributed by atoms with E-state index in [1.54, 1.807) is 26.8 Å². The number of thioether (sulfide) groups is 1. The van der Waals surface area contributed by atoms with Crippen molar-refractivity contribution in [3.63, 3.8) is 0 Å². The Morgan fingerprint density at radius 3 is 2.08 bits per heavy atom. The molecular formula is C23H20S2Si. The molecule has 2 aromatic carbocycles. The normalized spacial score (nSPS) is 25.0. The third-order valence-corrected chi connectivity index (χ3v) is 10.9. The standard InChI is InChI=1S/C23H20S2Si/c1-26(2,3)22-19-14-8-4-6-10-16(14)23(17-11-7-5-9-15(17)19)20(22)21-18(25-23)12-13-24-21/h4-13,19H,1-3H3. The SMILES string of the molecule is C[Si](C)(C)C1=C2c3sccc3SC23c2ccccc2C1c1ccccc13. The first kappa shape index (κ1) is 15.5. The summed E-state index contributed by atoms with van der Waals surface area (Å²) in [5, 5.41) is 4.04. The summed E-state index contributed by atoms with van der Waals surface area (Å²) in [6.07, 6.45) is 0. The van der Waals surface area contributed by atoms with Crippen LogP contribution in [0.3, 0.4) is 0 Å². The summed E-state index contributed by atoms with van der Waals surface area (Å²) < 4.78 is -0.0278. The van der Waals surface area contributed by atoms with Crippen molar-refractivity contribution in [3.8, 4) is 0 Å². The van der Waals surface area contributed by atoms with Gasteiger partial charge in [-0.05, 0) is 39.3 Å². The van der Waals surface area contributed by atoms with Crippen LogP contribution in [0.2, 0.25) is 19.6 Å². The largest absolute Gasteiger partial charge is 0.143 e. The fourth-order valence-electron chi connectivity index (χ4n) is 5.34. The molecule has 0 unspecified atom stereocenters. The van der Waals surface area contributed by atoms with Crippen LogP contribution >= 0.6 is 23.1 Å². The molecule has 3 aromatic rings. The quantitative estimate of drug-likeness (QED) is 0.409. The number of fused-ring (bicyclic) bond motifs is 1. The predicted molar refractivity (Wildman–Crippen MR) is 116 cm³/mol. The minimum Gasteiger partial charge on any atom is -0.143 e. The highest BCUT2D eigenvalue weighted by molar-refractivity contribution is 8.01. The molecule has 26 heavy (non-hydrogen) atoms. The Morgan fingerprint density at radius 1 is 0.846 bits per heavy atom. The van der Waals surface area contributed by atoms with Crippen LogP contribution in [0.25, 0.3) is 5.57 Å². The highest BCUT2D eigenvalue weighted by atomic mass is 32.2. The maximum Gasteiger partial charge on any atom is 0.0970 e. The van der Waals surface area contributed by atoms with E-state index in [9.17, 15) is 0 Å². The molecule has 0 saturated heterocycles. The van der Waals surface area contributed by atoms with Crippen molar-refractivity contribution < 1.29 is 0 Å². The molecule has 0 fully saturated rings. The predicted octanol–water partition coefficient (Wildman–Crippen LogP) is 6.89. The molecule has 1 aromatic heterocycles. The third-order valence-electron chi connectivity index (χ3n) is 6.14. The van der Waals surface area contributed by atoms with Gasteiger partial charge in [-0.3, -0.25) is 0 Å². The number of hydrogen-bond acceptors (Lipinski definition) is 2. The minimum atomic E-state index is -1.51. The fraction of sp³-hybridized carbons (Fsp3) is 0.217. The highest BCUT2D eigenvalue weighted by Crippen LogP contribution is 2.73. The van der Waals surface area contributed by atoms with Crippen LogP contribution in [0.15, 0.2) is 70.1 Å². The Bertz CT molecular complexity index is 1070. The lowest BCUT2D eigenvalue weighted by Gasteiger charge is -2.51. The van der Waals surface area contributed by atoms with Crippen molar-refractivity contribution in [1.82, 2.24) is 0 Å². The first-order valence-electron chi connectivity index (χ1n) is 9.24. The van der Waals surface area contributed by atoms with Crippen LogP contribution in [-0.4, -0.2) is 8.07 Å². The van der Waals surface area contributed by atoms with E-state index >= 15 is 0 Å². The molecule has 3 heteroatoms. The monoisotopic (exact) mass is 388 g/mol. The number of thiophene rings is 1. The molecule has 0 atom stereocenters. The Morgan fingerprint density at radius 2 is 1.46 bits per heavy atom. The van der Waals surface area contributed by atoms with E-state index in [1.807, 2.05) is 11.3 Å². The zero-order chi connectivity index (χ0) is 17.7. The molecule has 4 aliphatic rings. The van der Waals surface area contributed by atoms with Gasteiger partial charge in [-0.15, -0.1) is 23.1 Å². The summed E-state index contributed by atoms with van der Waals surface area (Å²) in [4.78, 5) is 3.02. The van der Waals surface area contributed by atoms with Crippen molar-refractivity contribution in [2.45, 2.75) is 35.2 Å². The lowest BCUT2D eigenvalue weighted by Crippen LogP contribution is -2.43. The molecule has 128 valence electrons. The van der Waals surface area contributed by atoms with Gasteiger partial charge < -0.3 is 0 Å². The van der Waals surface area contributed by atoms with E-state index < -0.39 is 8.07 Å². The molecule has 2 heterocycles. The van der Waals surface area contributed by atoms with E-state index in [-0.39, 0.29) is 4.75 Å². The molecule has 2 bridgehead atoms. The Balaban J connectivity index is 1.84. The van der Waals surface area contributed by atoms with Crippen LogP contribution in [0.5, 0.6) is 0 Å².